The molecule has 426 valence electrons. The maximum Gasteiger partial charge on any atom is 1.00 e. The van der Waals surface area contributed by atoms with Crippen LogP contribution in [0.25, 0.3) is 21.5 Å². The summed E-state index contributed by atoms with van der Waals surface area (Å²) in [6.07, 6.45) is 16.3. The van der Waals surface area contributed by atoms with Crippen LogP contribution in [0.3, 0.4) is 0 Å². The van der Waals surface area contributed by atoms with Gasteiger partial charge in [0.2, 0.25) is 17.7 Å². The summed E-state index contributed by atoms with van der Waals surface area (Å²) in [5.74, 6) is -0.887. The molecule has 4 aliphatic heterocycles. The van der Waals surface area contributed by atoms with Crippen LogP contribution in [-0.2, 0) is 23.9 Å². The first-order chi connectivity index (χ1) is 37.9. The number of aromatic nitrogens is 2. The number of pyridine rings is 2. The molecule has 10 rings (SSSR count). The largest absolute Gasteiger partial charge is 1.00 e. The molecule has 4 fully saturated rings. The predicted molar refractivity (Wildman–Crippen MR) is 303 cm³/mol. The Labute approximate surface area is 510 Å². The first-order valence-electron chi connectivity index (χ1n) is 26.5. The molecule has 4 N–H and O–H groups in total. The fourth-order valence-electron chi connectivity index (χ4n) is 10.7. The molecule has 2 aromatic carbocycles. The van der Waals surface area contributed by atoms with Crippen LogP contribution in [0.15, 0.2) is 82.0 Å². The van der Waals surface area contributed by atoms with E-state index in [1.807, 2.05) is 60.7 Å². The van der Waals surface area contributed by atoms with Gasteiger partial charge in [-0.1, -0.05) is 35.9 Å². The van der Waals surface area contributed by atoms with Gasteiger partial charge in [0.15, 0.2) is 0 Å². The number of carbonyl (C=O) groups is 6. The number of allylic oxidation sites excluding steroid dienone is 2. The number of urea groups is 2. The van der Waals surface area contributed by atoms with E-state index < -0.39 is 59.1 Å². The van der Waals surface area contributed by atoms with Gasteiger partial charge in [-0.3, -0.25) is 9.59 Å². The summed E-state index contributed by atoms with van der Waals surface area (Å²) in [5, 5.41) is 29.6. The molecule has 2 saturated heterocycles. The molecule has 0 bridgehead atoms. The van der Waals surface area contributed by atoms with Crippen LogP contribution in [0, 0.1) is 11.8 Å². The molecule has 6 aliphatic rings. The Kier molecular flexibility index (Phi) is 21.2. The van der Waals surface area contributed by atoms with Crippen molar-refractivity contribution in [2.24, 2.45) is 11.8 Å². The minimum atomic E-state index is -1.33. The fourth-order valence-corrected chi connectivity index (χ4v) is 12.2. The second kappa shape index (κ2) is 27.2. The quantitative estimate of drug-likeness (QED) is 0.0824. The molecule has 80 heavy (non-hydrogen) atoms. The molecular weight excluding hydrogens is 1190 g/mol. The number of amides is 6. The molecule has 0 unspecified atom stereocenters. The first-order valence-corrected chi connectivity index (χ1v) is 28.5. The van der Waals surface area contributed by atoms with E-state index in [0.717, 1.165) is 74.8 Å². The number of methoxy groups -OCH3 is 2. The number of esters is 1. The van der Waals surface area contributed by atoms with Crippen molar-refractivity contribution in [3.05, 3.63) is 87.2 Å². The van der Waals surface area contributed by atoms with E-state index in [1.54, 1.807) is 57.4 Å². The number of carboxylic acid groups (broad SMARTS) is 1. The number of aliphatic carboxylic acids is 1. The summed E-state index contributed by atoms with van der Waals surface area (Å²) in [5.41, 5.74) is -2.39. The number of hydrogen-bond acceptors (Lipinski definition) is 13. The van der Waals surface area contributed by atoms with Gasteiger partial charge in [0.05, 0.1) is 42.4 Å². The topological polar surface area (TPSA) is 243 Å². The van der Waals surface area contributed by atoms with Gasteiger partial charge in [-0.2, -0.15) is 0 Å². The zero-order valence-electron chi connectivity index (χ0n) is 46.8. The molecule has 8 atom stereocenters. The minimum Gasteiger partial charge on any atom is -1.00 e. The van der Waals surface area contributed by atoms with Crippen LogP contribution in [0.1, 0.15) is 72.6 Å². The third-order valence-corrected chi connectivity index (χ3v) is 17.3. The average molecular weight is 1260 g/mol. The summed E-state index contributed by atoms with van der Waals surface area (Å²) in [6, 6.07) is 8.99. The van der Waals surface area contributed by atoms with Gasteiger partial charge in [-0.05, 0) is 127 Å². The number of carboxylic acids is 1. The van der Waals surface area contributed by atoms with Crippen molar-refractivity contribution < 1.29 is 88.9 Å². The van der Waals surface area contributed by atoms with E-state index in [9.17, 15) is 39.0 Å². The smallest absolute Gasteiger partial charge is 1.00 e. The number of carbonyl (C=O) groups excluding carboxylic acids is 5. The average Bonchev–Trinajstić information content (AvgIpc) is 4.36. The van der Waals surface area contributed by atoms with Gasteiger partial charge in [-0.15, -0.1) is 0 Å². The Hall–Kier alpha value is -5.23. The Bertz CT molecular complexity index is 3040. The number of fused-ring (bicyclic) bond motifs is 6. The maximum absolute atomic E-state index is 13.5. The third kappa shape index (κ3) is 13.6. The Morgan fingerprint density at radius 2 is 1.25 bits per heavy atom. The number of benzene rings is 2. The van der Waals surface area contributed by atoms with Crippen molar-refractivity contribution in [1.82, 2.24) is 40.2 Å². The fraction of sp³-hybridized carbons (Fsp3) is 0.500. The van der Waals surface area contributed by atoms with Crippen molar-refractivity contribution in [2.75, 3.05) is 61.1 Å². The van der Waals surface area contributed by atoms with Crippen molar-refractivity contribution in [2.45, 2.75) is 107 Å². The molecular formula is C56H68Br2ClN8NaO12. The van der Waals surface area contributed by atoms with Gasteiger partial charge in [-0.25, -0.2) is 29.1 Å². The van der Waals surface area contributed by atoms with Crippen molar-refractivity contribution >= 4 is 101 Å². The molecule has 2 aromatic heterocycles. The number of nitrogens with zero attached hydrogens (tertiary/aromatic N) is 6. The maximum atomic E-state index is 13.5. The Morgan fingerprint density at radius 3 is 1.82 bits per heavy atom. The molecule has 20 nitrogen and oxygen atoms in total. The van der Waals surface area contributed by atoms with E-state index in [0.29, 0.717) is 42.7 Å². The molecule has 0 spiro atoms. The molecule has 4 aromatic rings. The molecule has 6 heterocycles. The van der Waals surface area contributed by atoms with E-state index in [2.05, 4.69) is 52.5 Å². The number of ether oxygens (including phenoxy) is 4. The minimum absolute atomic E-state index is 0. The van der Waals surface area contributed by atoms with Gasteiger partial charge in [0, 0.05) is 92.3 Å². The summed E-state index contributed by atoms with van der Waals surface area (Å²) in [4.78, 5) is 91.8. The normalized spacial score (nSPS) is 27.5. The van der Waals surface area contributed by atoms with Crippen molar-refractivity contribution in [1.29, 1.82) is 0 Å². The van der Waals surface area contributed by atoms with Crippen LogP contribution in [0.2, 0.25) is 5.15 Å². The van der Waals surface area contributed by atoms with Crippen LogP contribution in [0.5, 0.6) is 17.4 Å². The van der Waals surface area contributed by atoms with Gasteiger partial charge in [0.1, 0.15) is 45.9 Å². The van der Waals surface area contributed by atoms with E-state index in [-0.39, 0.29) is 87.4 Å². The van der Waals surface area contributed by atoms with Crippen LogP contribution < -0.4 is 54.4 Å². The Morgan fingerprint density at radius 1 is 0.738 bits per heavy atom. The summed E-state index contributed by atoms with van der Waals surface area (Å²) in [6.45, 7) is 3.44. The number of aliphatic hydroxyl groups excluding tert-OH is 1. The first kappa shape index (κ1) is 62.4. The summed E-state index contributed by atoms with van der Waals surface area (Å²) >= 11 is 13.0. The van der Waals surface area contributed by atoms with Crippen LogP contribution in [0.4, 0.5) is 9.59 Å². The zero-order chi connectivity index (χ0) is 56.8. The summed E-state index contributed by atoms with van der Waals surface area (Å²) < 4.78 is 23.7. The zero-order valence-corrected chi connectivity index (χ0v) is 51.7. The number of rotatable bonds is 7. The van der Waals surface area contributed by atoms with Gasteiger partial charge < -0.3 is 60.8 Å². The molecule has 2 aliphatic carbocycles. The Balaban J connectivity index is 0.000000213. The van der Waals surface area contributed by atoms with Crippen molar-refractivity contribution in [3.63, 3.8) is 0 Å². The second-order valence-electron chi connectivity index (χ2n) is 20.6. The predicted octanol–water partition coefficient (Wildman–Crippen LogP) is 5.01. The molecule has 6 amide bonds. The van der Waals surface area contributed by atoms with Crippen LogP contribution >= 0.6 is 43.5 Å². The van der Waals surface area contributed by atoms with E-state index in [4.69, 9.17) is 30.5 Å². The van der Waals surface area contributed by atoms with E-state index >= 15 is 0 Å². The number of nitrogens with one attached hydrogen (secondary N) is 2. The number of hydrogen-bond donors (Lipinski definition) is 4. The molecule has 24 heteroatoms. The standard InChI is InChI=1S/C27H31BrN4O6.C19H29N3O5.C10H7BrClNO.Na.H/c1-31-12-6-4-3-5-7-16-14-27(16,25(34)35)30-23(33)20-13-17(15-32(20)26(31)36)38-24-19-8-9-21(37-2)22(28)18(19)10-11-29-24;1-3-27-17(25)19-11-13(19)8-6-4-5-7-9-21(2)18(26)22-12-14(23)10-15(22)16(24)20-19;1-14-8-3-2-7-6(9(8)11)4-5-13-10(7)12;;/h5,7-11,16-17,20H,3-4,6,12-15H2,1-2H3,(H,30,33)(H,34,35);6,8,13-15,23H,3-5,7,9-12H2,1-2H3,(H,20,24);2-5H,1H3;;/q;;;+1;-1/b7-5-;8-6-;;;/t16-,17-,20+,27-;13-,14-,15+,19-;;;/m11.../s1. The van der Waals surface area contributed by atoms with Gasteiger partial charge >= 0.3 is 53.6 Å². The number of aliphatic hydroxyl groups is 1. The van der Waals surface area contributed by atoms with Crippen molar-refractivity contribution in [3.8, 4) is 17.4 Å². The SMILES string of the molecule is CCOC(=O)[C@@]12C[C@H]1/C=C\CCCCN(C)C(=O)N1C[C@H](O)C[C@H]1C(=O)N2.COc1ccc2c(Cl)nccc2c1Br.COc1ccc2c(O[C@@H]3C[C@H]4C(=O)N[C@]5(C(=O)O)C[C@H]5/C=C\CCCCN(C)C(=O)N4C3)nccc2c1Br.[H-].[Na+]. The molecule has 2 saturated carbocycles. The van der Waals surface area contributed by atoms with Gasteiger partial charge in [0.25, 0.3) is 0 Å². The number of halogens is 3. The summed E-state index contributed by atoms with van der Waals surface area (Å²) in [7, 11) is 6.66. The second-order valence-corrected chi connectivity index (χ2v) is 22.5. The molecule has 0 radical (unpaired) electrons. The monoisotopic (exact) mass is 1260 g/mol. The third-order valence-electron chi connectivity index (χ3n) is 15.3. The van der Waals surface area contributed by atoms with E-state index in [1.165, 1.54) is 9.80 Å². The van der Waals surface area contributed by atoms with Crippen LogP contribution in [-0.4, -0.2) is 172 Å².